The van der Waals surface area contributed by atoms with Gasteiger partial charge in [-0.3, -0.25) is 9.59 Å². The summed E-state index contributed by atoms with van der Waals surface area (Å²) in [6.07, 6.45) is 2.17. The van der Waals surface area contributed by atoms with E-state index in [0.29, 0.717) is 17.0 Å². The van der Waals surface area contributed by atoms with E-state index in [-0.39, 0.29) is 18.2 Å². The SMILES string of the molecule is CC(=O)Nc1ccc(CC(=O)N=c2sccn2Cc2ccc(C)cc2)cc1. The Kier molecular flexibility index (Phi) is 5.98. The third-order valence-electron chi connectivity index (χ3n) is 3.98. The molecule has 3 rings (SSSR count). The highest BCUT2D eigenvalue weighted by atomic mass is 32.1. The van der Waals surface area contributed by atoms with E-state index in [4.69, 9.17) is 0 Å². The third-order valence-corrected chi connectivity index (χ3v) is 4.78. The van der Waals surface area contributed by atoms with Crippen molar-refractivity contribution in [3.63, 3.8) is 0 Å². The molecule has 0 aliphatic rings. The van der Waals surface area contributed by atoms with Crippen molar-refractivity contribution in [1.82, 2.24) is 4.57 Å². The van der Waals surface area contributed by atoms with Crippen LogP contribution in [-0.2, 0) is 22.6 Å². The molecule has 3 aromatic rings. The minimum Gasteiger partial charge on any atom is -0.326 e. The van der Waals surface area contributed by atoms with Gasteiger partial charge in [-0.1, -0.05) is 42.0 Å². The van der Waals surface area contributed by atoms with Crippen molar-refractivity contribution in [2.24, 2.45) is 4.99 Å². The molecule has 0 bridgehead atoms. The molecule has 2 amide bonds. The van der Waals surface area contributed by atoms with E-state index >= 15 is 0 Å². The van der Waals surface area contributed by atoms with Crippen LogP contribution in [0.15, 0.2) is 65.1 Å². The van der Waals surface area contributed by atoms with E-state index in [2.05, 4.69) is 41.5 Å². The van der Waals surface area contributed by atoms with Crippen LogP contribution in [0.4, 0.5) is 5.69 Å². The molecule has 1 aromatic heterocycles. The quantitative estimate of drug-likeness (QED) is 0.737. The number of rotatable bonds is 5. The molecule has 5 nitrogen and oxygen atoms in total. The van der Waals surface area contributed by atoms with Crippen LogP contribution in [0.2, 0.25) is 0 Å². The molecular formula is C21H21N3O2S. The first-order chi connectivity index (χ1) is 13.0. The highest BCUT2D eigenvalue weighted by Crippen LogP contribution is 2.10. The van der Waals surface area contributed by atoms with Crippen molar-refractivity contribution in [1.29, 1.82) is 0 Å². The summed E-state index contributed by atoms with van der Waals surface area (Å²) in [5.41, 5.74) is 3.96. The van der Waals surface area contributed by atoms with Gasteiger partial charge in [0.15, 0.2) is 4.80 Å². The van der Waals surface area contributed by atoms with Gasteiger partial charge in [-0.15, -0.1) is 11.3 Å². The maximum Gasteiger partial charge on any atom is 0.252 e. The second-order valence-electron chi connectivity index (χ2n) is 6.36. The van der Waals surface area contributed by atoms with Crippen LogP contribution in [0.5, 0.6) is 0 Å². The Labute approximate surface area is 162 Å². The van der Waals surface area contributed by atoms with Crippen LogP contribution >= 0.6 is 11.3 Å². The van der Waals surface area contributed by atoms with Crippen LogP contribution in [0, 0.1) is 6.92 Å². The first kappa shape index (κ1) is 18.8. The zero-order chi connectivity index (χ0) is 19.2. The van der Waals surface area contributed by atoms with Gasteiger partial charge in [-0.25, -0.2) is 0 Å². The second-order valence-corrected chi connectivity index (χ2v) is 7.23. The molecule has 0 spiro atoms. The van der Waals surface area contributed by atoms with E-state index in [1.54, 1.807) is 12.1 Å². The normalized spacial score (nSPS) is 11.4. The van der Waals surface area contributed by atoms with Crippen LogP contribution in [0.25, 0.3) is 0 Å². The molecule has 138 valence electrons. The van der Waals surface area contributed by atoms with Crippen molar-refractivity contribution in [3.05, 3.63) is 81.6 Å². The minimum absolute atomic E-state index is 0.121. The van der Waals surface area contributed by atoms with Crippen molar-refractivity contribution >= 4 is 28.8 Å². The molecular weight excluding hydrogens is 358 g/mol. The lowest BCUT2D eigenvalue weighted by molar-refractivity contribution is -0.117. The van der Waals surface area contributed by atoms with E-state index in [1.807, 2.05) is 28.3 Å². The number of nitrogens with zero attached hydrogens (tertiary/aromatic N) is 2. The van der Waals surface area contributed by atoms with E-state index in [9.17, 15) is 9.59 Å². The Morgan fingerprint density at radius 3 is 2.37 bits per heavy atom. The topological polar surface area (TPSA) is 63.5 Å². The Hall–Kier alpha value is -2.99. The fourth-order valence-corrected chi connectivity index (χ4v) is 3.37. The van der Waals surface area contributed by atoms with E-state index in [0.717, 1.165) is 5.56 Å². The van der Waals surface area contributed by atoms with Gasteiger partial charge in [-0.2, -0.15) is 4.99 Å². The van der Waals surface area contributed by atoms with Crippen molar-refractivity contribution < 1.29 is 9.59 Å². The van der Waals surface area contributed by atoms with Gasteiger partial charge in [0.25, 0.3) is 5.91 Å². The molecule has 0 unspecified atom stereocenters. The molecule has 2 aromatic carbocycles. The summed E-state index contributed by atoms with van der Waals surface area (Å²) in [6.45, 7) is 4.20. The summed E-state index contributed by atoms with van der Waals surface area (Å²) >= 11 is 1.45. The summed E-state index contributed by atoms with van der Waals surface area (Å²) in [4.78, 5) is 28.4. The Bertz CT molecular complexity index is 999. The van der Waals surface area contributed by atoms with Crippen molar-refractivity contribution in [2.45, 2.75) is 26.8 Å². The molecule has 0 fully saturated rings. The summed E-state index contributed by atoms with van der Waals surface area (Å²) in [5, 5.41) is 4.64. The number of thiazole rings is 1. The second kappa shape index (κ2) is 8.60. The summed E-state index contributed by atoms with van der Waals surface area (Å²) in [7, 11) is 0. The third kappa shape index (κ3) is 5.49. The monoisotopic (exact) mass is 379 g/mol. The largest absolute Gasteiger partial charge is 0.326 e. The van der Waals surface area contributed by atoms with Gasteiger partial charge in [0, 0.05) is 30.7 Å². The minimum atomic E-state index is -0.192. The number of benzene rings is 2. The smallest absolute Gasteiger partial charge is 0.252 e. The van der Waals surface area contributed by atoms with Gasteiger partial charge < -0.3 is 9.88 Å². The Morgan fingerprint density at radius 2 is 1.70 bits per heavy atom. The molecule has 0 saturated heterocycles. The Morgan fingerprint density at radius 1 is 1.04 bits per heavy atom. The number of carbonyl (C=O) groups is 2. The number of carbonyl (C=O) groups excluding carboxylic acids is 2. The van der Waals surface area contributed by atoms with Gasteiger partial charge >= 0.3 is 0 Å². The van der Waals surface area contributed by atoms with Crippen molar-refractivity contribution in [3.8, 4) is 0 Å². The van der Waals surface area contributed by atoms with Crippen LogP contribution in [0.1, 0.15) is 23.6 Å². The average molecular weight is 379 g/mol. The lowest BCUT2D eigenvalue weighted by atomic mass is 10.1. The maximum absolute atomic E-state index is 12.3. The predicted molar refractivity (Wildman–Crippen MR) is 108 cm³/mol. The molecule has 0 aliphatic heterocycles. The maximum atomic E-state index is 12.3. The van der Waals surface area contributed by atoms with Crippen molar-refractivity contribution in [2.75, 3.05) is 5.32 Å². The van der Waals surface area contributed by atoms with E-state index in [1.165, 1.54) is 29.4 Å². The van der Waals surface area contributed by atoms with Gasteiger partial charge in [0.2, 0.25) is 5.91 Å². The standard InChI is InChI=1S/C21H21N3O2S/c1-15-3-5-18(6-4-15)14-24-11-12-27-21(24)23-20(26)13-17-7-9-19(10-8-17)22-16(2)25/h3-12H,13-14H2,1-2H3,(H,22,25). The zero-order valence-electron chi connectivity index (χ0n) is 15.3. The number of aromatic nitrogens is 1. The van der Waals surface area contributed by atoms with Crippen LogP contribution in [0.3, 0.4) is 0 Å². The summed E-state index contributed by atoms with van der Waals surface area (Å²) in [6, 6.07) is 15.6. The van der Waals surface area contributed by atoms with Crippen LogP contribution < -0.4 is 10.1 Å². The molecule has 1 N–H and O–H groups in total. The van der Waals surface area contributed by atoms with Crippen LogP contribution in [-0.4, -0.2) is 16.4 Å². The number of nitrogens with one attached hydrogen (secondary N) is 1. The fourth-order valence-electron chi connectivity index (χ4n) is 2.63. The number of hydrogen-bond donors (Lipinski definition) is 1. The lowest BCUT2D eigenvalue weighted by Gasteiger charge is -2.04. The first-order valence-corrected chi connectivity index (χ1v) is 9.51. The molecule has 0 aliphatic carbocycles. The van der Waals surface area contributed by atoms with Gasteiger partial charge in [0.1, 0.15) is 0 Å². The average Bonchev–Trinajstić information content (AvgIpc) is 3.05. The summed E-state index contributed by atoms with van der Waals surface area (Å²) < 4.78 is 1.98. The number of amides is 2. The molecule has 0 radical (unpaired) electrons. The lowest BCUT2D eigenvalue weighted by Crippen LogP contribution is -2.17. The van der Waals surface area contributed by atoms with Gasteiger partial charge in [-0.05, 0) is 30.2 Å². The molecule has 6 heteroatoms. The first-order valence-electron chi connectivity index (χ1n) is 8.63. The fraction of sp³-hybridized carbons (Fsp3) is 0.190. The molecule has 1 heterocycles. The van der Waals surface area contributed by atoms with Gasteiger partial charge in [0.05, 0.1) is 6.42 Å². The molecule has 27 heavy (non-hydrogen) atoms. The highest BCUT2D eigenvalue weighted by molar-refractivity contribution is 7.07. The Balaban J connectivity index is 1.69. The molecule has 0 saturated carbocycles. The number of anilines is 1. The summed E-state index contributed by atoms with van der Waals surface area (Å²) in [5.74, 6) is -0.313. The molecule has 0 atom stereocenters. The van der Waals surface area contributed by atoms with E-state index < -0.39 is 0 Å². The number of aryl methyl sites for hydroxylation is 1. The predicted octanol–water partition coefficient (Wildman–Crippen LogP) is 3.53. The highest BCUT2D eigenvalue weighted by Gasteiger charge is 2.05. The number of hydrogen-bond acceptors (Lipinski definition) is 3. The zero-order valence-corrected chi connectivity index (χ0v) is 16.1.